The van der Waals surface area contributed by atoms with E-state index in [-0.39, 0.29) is 29.8 Å². The summed E-state index contributed by atoms with van der Waals surface area (Å²) in [6.45, 7) is 9.25. The Hall–Kier alpha value is -0.890. The van der Waals surface area contributed by atoms with Crippen LogP contribution in [0.25, 0.3) is 0 Å². The number of aliphatic imine (C=N–C) groups is 1. The number of piperidine rings is 1. The first kappa shape index (κ1) is 22.2. The van der Waals surface area contributed by atoms with Gasteiger partial charge in [-0.15, -0.1) is 24.0 Å². The van der Waals surface area contributed by atoms with E-state index in [0.717, 1.165) is 24.0 Å². The zero-order valence-corrected chi connectivity index (χ0v) is 18.0. The summed E-state index contributed by atoms with van der Waals surface area (Å²) in [5, 5.41) is 6.68. The number of nitrogens with zero attached hydrogens (tertiary/aromatic N) is 2. The predicted molar refractivity (Wildman–Crippen MR) is 114 cm³/mol. The SMILES string of the molecule is CCN1CCC(CCNC(=NC)NCc2ccc(F)c(C)c2)CC1.I. The summed E-state index contributed by atoms with van der Waals surface area (Å²) in [7, 11) is 1.78. The molecule has 4 nitrogen and oxygen atoms in total. The highest BCUT2D eigenvalue weighted by molar-refractivity contribution is 14.0. The number of hydrogen-bond donors (Lipinski definition) is 2. The molecule has 1 heterocycles. The van der Waals surface area contributed by atoms with E-state index >= 15 is 0 Å². The standard InChI is InChI=1S/C19H31FN4.HI/c1-4-24-11-8-16(9-12-24)7-10-22-19(21-3)23-14-17-5-6-18(20)15(2)13-17;/h5-6,13,16H,4,7-12,14H2,1-3H3,(H2,21,22,23);1H. The molecule has 1 aromatic rings. The molecule has 0 atom stereocenters. The van der Waals surface area contributed by atoms with Gasteiger partial charge in [-0.25, -0.2) is 4.39 Å². The third kappa shape index (κ3) is 7.48. The van der Waals surface area contributed by atoms with Crippen LogP contribution in [-0.2, 0) is 6.54 Å². The highest BCUT2D eigenvalue weighted by Gasteiger charge is 2.17. The maximum atomic E-state index is 13.3. The molecule has 0 radical (unpaired) electrons. The number of nitrogens with one attached hydrogen (secondary N) is 2. The van der Waals surface area contributed by atoms with E-state index in [1.807, 2.05) is 12.1 Å². The van der Waals surface area contributed by atoms with Gasteiger partial charge in [0.1, 0.15) is 5.82 Å². The largest absolute Gasteiger partial charge is 0.356 e. The molecule has 142 valence electrons. The monoisotopic (exact) mass is 462 g/mol. The lowest BCUT2D eigenvalue weighted by atomic mass is 9.93. The van der Waals surface area contributed by atoms with Crippen LogP contribution in [0.5, 0.6) is 0 Å². The smallest absolute Gasteiger partial charge is 0.191 e. The van der Waals surface area contributed by atoms with Crippen molar-refractivity contribution < 1.29 is 4.39 Å². The average molecular weight is 462 g/mol. The van der Waals surface area contributed by atoms with E-state index in [1.54, 1.807) is 14.0 Å². The Morgan fingerprint density at radius 2 is 2.00 bits per heavy atom. The maximum Gasteiger partial charge on any atom is 0.191 e. The van der Waals surface area contributed by atoms with Gasteiger partial charge in [0, 0.05) is 20.1 Å². The number of hydrogen-bond acceptors (Lipinski definition) is 2. The molecule has 6 heteroatoms. The van der Waals surface area contributed by atoms with Crippen molar-refractivity contribution in [1.29, 1.82) is 0 Å². The molecule has 1 aliphatic heterocycles. The molecule has 0 unspecified atom stereocenters. The molecule has 2 N–H and O–H groups in total. The molecule has 0 aromatic heterocycles. The van der Waals surface area contributed by atoms with Gasteiger partial charge in [-0.2, -0.15) is 0 Å². The lowest BCUT2D eigenvalue weighted by molar-refractivity contribution is 0.187. The number of aryl methyl sites for hydroxylation is 1. The summed E-state index contributed by atoms with van der Waals surface area (Å²) in [6, 6.07) is 5.20. The lowest BCUT2D eigenvalue weighted by Gasteiger charge is -2.31. The van der Waals surface area contributed by atoms with E-state index in [9.17, 15) is 4.39 Å². The zero-order chi connectivity index (χ0) is 17.4. The Labute approximate surface area is 168 Å². The lowest BCUT2D eigenvalue weighted by Crippen LogP contribution is -2.39. The van der Waals surface area contributed by atoms with Crippen LogP contribution in [-0.4, -0.2) is 44.1 Å². The third-order valence-electron chi connectivity index (χ3n) is 4.91. The van der Waals surface area contributed by atoms with Crippen LogP contribution in [0.4, 0.5) is 4.39 Å². The van der Waals surface area contributed by atoms with Crippen molar-refractivity contribution in [2.45, 2.75) is 39.7 Å². The van der Waals surface area contributed by atoms with Crippen molar-refractivity contribution in [3.63, 3.8) is 0 Å². The molecular weight excluding hydrogens is 430 g/mol. The molecule has 1 fully saturated rings. The Kier molecular flexibility index (Phi) is 10.3. The second-order valence-corrected chi connectivity index (χ2v) is 6.60. The van der Waals surface area contributed by atoms with E-state index in [2.05, 4.69) is 27.4 Å². The van der Waals surface area contributed by atoms with Crippen LogP contribution in [0.1, 0.15) is 37.3 Å². The molecule has 1 saturated heterocycles. The topological polar surface area (TPSA) is 39.7 Å². The number of likely N-dealkylation sites (tertiary alicyclic amines) is 1. The Bertz CT molecular complexity index is 542. The number of halogens is 2. The molecule has 0 bridgehead atoms. The Morgan fingerprint density at radius 1 is 1.28 bits per heavy atom. The van der Waals surface area contributed by atoms with Gasteiger partial charge in [0.25, 0.3) is 0 Å². The van der Waals surface area contributed by atoms with Crippen LogP contribution in [0.2, 0.25) is 0 Å². The van der Waals surface area contributed by atoms with E-state index in [1.165, 1.54) is 45.0 Å². The molecule has 0 amide bonds. The third-order valence-corrected chi connectivity index (χ3v) is 4.91. The normalized spacial score (nSPS) is 16.4. The summed E-state index contributed by atoms with van der Waals surface area (Å²) in [6.07, 6.45) is 3.79. The van der Waals surface area contributed by atoms with Gasteiger partial charge in [-0.05, 0) is 68.9 Å². The summed E-state index contributed by atoms with van der Waals surface area (Å²) in [5.41, 5.74) is 1.74. The zero-order valence-electron chi connectivity index (χ0n) is 15.6. The molecule has 25 heavy (non-hydrogen) atoms. The van der Waals surface area contributed by atoms with E-state index < -0.39 is 0 Å². The number of benzene rings is 1. The van der Waals surface area contributed by atoms with Gasteiger partial charge < -0.3 is 15.5 Å². The first-order chi connectivity index (χ1) is 11.6. The van der Waals surface area contributed by atoms with Gasteiger partial charge in [-0.3, -0.25) is 4.99 Å². The summed E-state index contributed by atoms with van der Waals surface area (Å²) in [4.78, 5) is 6.79. The van der Waals surface area contributed by atoms with Gasteiger partial charge >= 0.3 is 0 Å². The van der Waals surface area contributed by atoms with Gasteiger partial charge in [-0.1, -0.05) is 19.1 Å². The second kappa shape index (κ2) is 11.7. The van der Waals surface area contributed by atoms with Crippen LogP contribution < -0.4 is 10.6 Å². The van der Waals surface area contributed by atoms with Crippen molar-refractivity contribution in [3.05, 3.63) is 35.1 Å². The maximum absolute atomic E-state index is 13.3. The minimum absolute atomic E-state index is 0. The molecule has 0 saturated carbocycles. The van der Waals surface area contributed by atoms with Crippen LogP contribution >= 0.6 is 24.0 Å². The first-order valence-electron chi connectivity index (χ1n) is 9.04. The fourth-order valence-electron chi connectivity index (χ4n) is 3.21. The predicted octanol–water partition coefficient (Wildman–Crippen LogP) is 3.54. The van der Waals surface area contributed by atoms with Crippen molar-refractivity contribution in [2.75, 3.05) is 33.2 Å². The van der Waals surface area contributed by atoms with Crippen molar-refractivity contribution >= 4 is 29.9 Å². The molecule has 1 aliphatic rings. The fraction of sp³-hybridized carbons (Fsp3) is 0.632. The fourth-order valence-corrected chi connectivity index (χ4v) is 3.21. The van der Waals surface area contributed by atoms with Gasteiger partial charge in [0.2, 0.25) is 0 Å². The molecular formula is C19H32FIN4. The van der Waals surface area contributed by atoms with Crippen LogP contribution in [0, 0.1) is 18.7 Å². The van der Waals surface area contributed by atoms with Gasteiger partial charge in [0.15, 0.2) is 5.96 Å². The molecule has 0 aliphatic carbocycles. The van der Waals surface area contributed by atoms with Crippen molar-refractivity contribution in [2.24, 2.45) is 10.9 Å². The molecule has 1 aromatic carbocycles. The van der Waals surface area contributed by atoms with Crippen molar-refractivity contribution in [3.8, 4) is 0 Å². The first-order valence-corrected chi connectivity index (χ1v) is 9.04. The second-order valence-electron chi connectivity index (χ2n) is 6.60. The summed E-state index contributed by atoms with van der Waals surface area (Å²) in [5.74, 6) is 1.47. The van der Waals surface area contributed by atoms with Crippen molar-refractivity contribution in [1.82, 2.24) is 15.5 Å². The van der Waals surface area contributed by atoms with Gasteiger partial charge in [0.05, 0.1) is 0 Å². The van der Waals surface area contributed by atoms with E-state index in [4.69, 9.17) is 0 Å². The summed E-state index contributed by atoms with van der Waals surface area (Å²) < 4.78 is 13.3. The minimum Gasteiger partial charge on any atom is -0.356 e. The summed E-state index contributed by atoms with van der Waals surface area (Å²) >= 11 is 0. The minimum atomic E-state index is -0.157. The highest BCUT2D eigenvalue weighted by Crippen LogP contribution is 2.19. The van der Waals surface area contributed by atoms with Crippen LogP contribution in [0.3, 0.4) is 0 Å². The molecule has 2 rings (SSSR count). The van der Waals surface area contributed by atoms with Crippen LogP contribution in [0.15, 0.2) is 23.2 Å². The Morgan fingerprint density at radius 3 is 2.60 bits per heavy atom. The van der Waals surface area contributed by atoms with E-state index in [0.29, 0.717) is 12.1 Å². The molecule has 0 spiro atoms. The Balaban J connectivity index is 0.00000312. The number of guanidine groups is 1. The number of rotatable bonds is 6. The highest BCUT2D eigenvalue weighted by atomic mass is 127. The quantitative estimate of drug-likeness (QED) is 0.386. The average Bonchev–Trinajstić information content (AvgIpc) is 2.61.